The molecule has 0 aliphatic carbocycles. The molecule has 1 amide bonds. The molecule has 0 atom stereocenters. The zero-order valence-corrected chi connectivity index (χ0v) is 25.9. The number of hydrogen-bond donors (Lipinski definition) is 1. The maximum Gasteiger partial charge on any atom is 0.256 e. The average Bonchev–Trinajstić information content (AvgIpc) is 3.61. The summed E-state index contributed by atoms with van der Waals surface area (Å²) in [5.74, 6) is 1.06. The predicted molar refractivity (Wildman–Crippen MR) is 166 cm³/mol. The van der Waals surface area contributed by atoms with Crippen LogP contribution in [0.4, 0.5) is 5.69 Å². The number of amides is 1. The minimum absolute atomic E-state index is 0.0343. The second kappa shape index (κ2) is 11.3. The molecule has 2 saturated heterocycles. The van der Waals surface area contributed by atoms with Crippen molar-refractivity contribution in [1.29, 1.82) is 0 Å². The molecule has 2 aromatic heterocycles. The van der Waals surface area contributed by atoms with Crippen LogP contribution in [0.1, 0.15) is 46.6 Å². The lowest BCUT2D eigenvalue weighted by molar-refractivity contribution is 0.0612. The second-order valence-corrected chi connectivity index (χ2v) is 13.9. The van der Waals surface area contributed by atoms with Gasteiger partial charge in [-0.2, -0.15) is 4.31 Å². The summed E-state index contributed by atoms with van der Waals surface area (Å²) < 4.78 is 33.7. The van der Waals surface area contributed by atoms with E-state index in [4.69, 9.17) is 9.72 Å². The molecule has 0 unspecified atom stereocenters. The Morgan fingerprint density at radius 3 is 2.40 bits per heavy atom. The number of benzene rings is 2. The Labute approximate surface area is 252 Å². The molecule has 2 fully saturated rings. The van der Waals surface area contributed by atoms with Crippen LogP contribution in [0.2, 0.25) is 0 Å². The number of anilines is 1. The summed E-state index contributed by atoms with van der Waals surface area (Å²) in [6.45, 7) is 7.01. The molecule has 4 aromatic rings. The van der Waals surface area contributed by atoms with Gasteiger partial charge < -0.3 is 19.5 Å². The maximum absolute atomic E-state index is 13.7. The second-order valence-electron chi connectivity index (χ2n) is 11.9. The summed E-state index contributed by atoms with van der Waals surface area (Å²) in [4.78, 5) is 30.5. The van der Waals surface area contributed by atoms with E-state index < -0.39 is 10.0 Å². The van der Waals surface area contributed by atoms with E-state index in [1.165, 1.54) is 9.99 Å². The van der Waals surface area contributed by atoms with Crippen LogP contribution in [0, 0.1) is 19.3 Å². The first kappa shape index (κ1) is 29.1. The molecule has 226 valence electrons. The Morgan fingerprint density at radius 1 is 1.05 bits per heavy atom. The number of aryl methyl sites for hydroxylation is 2. The monoisotopic (exact) mass is 602 g/mol. The number of carbonyl (C=O) groups excluding carboxylic acids is 1. The Kier molecular flexibility index (Phi) is 7.64. The highest BCUT2D eigenvalue weighted by Gasteiger charge is 2.41. The van der Waals surface area contributed by atoms with Crippen molar-refractivity contribution in [3.05, 3.63) is 77.4 Å². The Balaban J connectivity index is 1.16. The van der Waals surface area contributed by atoms with Crippen molar-refractivity contribution in [2.24, 2.45) is 5.41 Å². The lowest BCUT2D eigenvalue weighted by Crippen LogP contribution is -2.44. The molecule has 0 saturated carbocycles. The number of piperidine rings is 1. The quantitative estimate of drug-likeness (QED) is 0.331. The highest BCUT2D eigenvalue weighted by molar-refractivity contribution is 7.89. The number of para-hydroxylation sites is 1. The molecular formula is C32H38N6O4S. The van der Waals surface area contributed by atoms with E-state index in [1.54, 1.807) is 40.1 Å². The molecule has 1 N–H and O–H groups in total. The van der Waals surface area contributed by atoms with Gasteiger partial charge in [0.15, 0.2) is 0 Å². The van der Waals surface area contributed by atoms with Gasteiger partial charge in [-0.1, -0.05) is 6.07 Å². The molecule has 43 heavy (non-hydrogen) atoms. The van der Waals surface area contributed by atoms with Gasteiger partial charge >= 0.3 is 0 Å². The van der Waals surface area contributed by atoms with E-state index in [1.807, 2.05) is 35.5 Å². The first-order chi connectivity index (χ1) is 20.6. The van der Waals surface area contributed by atoms with E-state index in [0.29, 0.717) is 52.4 Å². The van der Waals surface area contributed by atoms with Crippen LogP contribution in [0.5, 0.6) is 5.75 Å². The van der Waals surface area contributed by atoms with Crippen molar-refractivity contribution in [3.8, 4) is 5.75 Å². The number of sulfonamides is 1. The minimum Gasteiger partial charge on any atom is -0.497 e. The number of carbonyl (C=O) groups is 1. The number of H-pyrrole nitrogens is 1. The van der Waals surface area contributed by atoms with Gasteiger partial charge in [0.25, 0.3) is 5.91 Å². The van der Waals surface area contributed by atoms with E-state index >= 15 is 0 Å². The van der Waals surface area contributed by atoms with Gasteiger partial charge in [0, 0.05) is 51.3 Å². The van der Waals surface area contributed by atoms with Crippen molar-refractivity contribution in [2.75, 3.05) is 45.2 Å². The van der Waals surface area contributed by atoms with Crippen LogP contribution in [0.3, 0.4) is 0 Å². The fraction of sp³-hybridized carbons (Fsp3) is 0.406. The van der Waals surface area contributed by atoms with Gasteiger partial charge in [0.1, 0.15) is 17.1 Å². The van der Waals surface area contributed by atoms with Gasteiger partial charge in [-0.25, -0.2) is 13.4 Å². The van der Waals surface area contributed by atoms with Crippen molar-refractivity contribution in [3.63, 3.8) is 0 Å². The van der Waals surface area contributed by atoms with Crippen molar-refractivity contribution in [2.45, 2.75) is 44.6 Å². The van der Waals surface area contributed by atoms with Crippen molar-refractivity contribution < 1.29 is 17.9 Å². The third kappa shape index (κ3) is 5.47. The number of aromatic nitrogens is 3. The molecule has 10 nitrogen and oxygen atoms in total. The van der Waals surface area contributed by atoms with E-state index in [2.05, 4.69) is 27.0 Å². The van der Waals surface area contributed by atoms with Crippen LogP contribution in [-0.4, -0.2) is 78.8 Å². The smallest absolute Gasteiger partial charge is 0.256 e. The summed E-state index contributed by atoms with van der Waals surface area (Å²) in [5, 5.41) is 0. The number of likely N-dealkylation sites (tertiary alicyclic amines) is 1. The largest absolute Gasteiger partial charge is 0.497 e. The number of ether oxygens (including phenoxy) is 1. The summed E-state index contributed by atoms with van der Waals surface area (Å²) in [5.41, 5.74) is 4.48. The topological polar surface area (TPSA) is 112 Å². The van der Waals surface area contributed by atoms with Crippen molar-refractivity contribution in [1.82, 2.24) is 24.2 Å². The first-order valence-corrected chi connectivity index (χ1v) is 16.1. The van der Waals surface area contributed by atoms with Gasteiger partial charge in [-0.15, -0.1) is 0 Å². The van der Waals surface area contributed by atoms with Gasteiger partial charge in [0.2, 0.25) is 10.0 Å². The third-order valence-electron chi connectivity index (χ3n) is 9.08. The maximum atomic E-state index is 13.7. The molecule has 0 bridgehead atoms. The molecule has 11 heteroatoms. The number of pyridine rings is 1. The number of imidazole rings is 1. The molecule has 6 rings (SSSR count). The van der Waals surface area contributed by atoms with Gasteiger partial charge in [-0.05, 0) is 86.1 Å². The first-order valence-electron chi connectivity index (χ1n) is 14.6. The minimum atomic E-state index is -3.80. The zero-order valence-electron chi connectivity index (χ0n) is 25.1. The molecule has 2 aliphatic heterocycles. The number of rotatable bonds is 7. The average molecular weight is 603 g/mol. The van der Waals surface area contributed by atoms with Crippen molar-refractivity contribution >= 4 is 32.7 Å². The molecule has 4 heterocycles. The fourth-order valence-electron chi connectivity index (χ4n) is 6.69. The van der Waals surface area contributed by atoms with E-state index in [0.717, 1.165) is 32.4 Å². The van der Waals surface area contributed by atoms with Crippen LogP contribution >= 0.6 is 0 Å². The number of methoxy groups -OCH3 is 1. The van der Waals surface area contributed by atoms with Crippen LogP contribution in [-0.2, 0) is 16.6 Å². The SMILES string of the molecule is COc1cc(C)c(S(=O)(=O)N(C)Cc2nc3c(C(=O)N4CCC5(CC4)CCN(c4ccncc4)C5)cccc3[nH]2)c(C)c1. The number of nitrogens with one attached hydrogen (secondary N) is 1. The highest BCUT2D eigenvalue weighted by atomic mass is 32.2. The number of aromatic amines is 1. The Morgan fingerprint density at radius 2 is 1.72 bits per heavy atom. The molecular weight excluding hydrogens is 564 g/mol. The predicted octanol–water partition coefficient (Wildman–Crippen LogP) is 4.54. The number of nitrogens with zero attached hydrogens (tertiary/aromatic N) is 5. The summed E-state index contributed by atoms with van der Waals surface area (Å²) in [6, 6.07) is 13.1. The highest BCUT2D eigenvalue weighted by Crippen LogP contribution is 2.42. The normalized spacial score (nSPS) is 16.9. The van der Waals surface area contributed by atoms with Crippen LogP contribution < -0.4 is 9.64 Å². The summed E-state index contributed by atoms with van der Waals surface area (Å²) in [6.07, 6.45) is 6.73. The zero-order chi connectivity index (χ0) is 30.4. The van der Waals surface area contributed by atoms with Crippen LogP contribution in [0.25, 0.3) is 11.0 Å². The molecule has 2 aliphatic rings. The van der Waals surface area contributed by atoms with E-state index in [-0.39, 0.29) is 22.8 Å². The molecule has 2 aromatic carbocycles. The number of hydrogen-bond acceptors (Lipinski definition) is 7. The standard InChI is InChI=1S/C32H38N6O4S/c1-22-18-25(42-4)19-23(2)30(22)43(40,41)36(3)20-28-34-27-7-5-6-26(29(27)35-28)31(39)37-15-10-32(11-16-37)12-17-38(21-32)24-8-13-33-14-9-24/h5-9,13-14,18-19H,10-12,15-17,20-21H2,1-4H3,(H,34,35). The Bertz CT molecular complexity index is 1740. The lowest BCUT2D eigenvalue weighted by Gasteiger charge is -2.39. The van der Waals surface area contributed by atoms with E-state index in [9.17, 15) is 13.2 Å². The molecule has 0 radical (unpaired) electrons. The molecule has 1 spiro atoms. The summed E-state index contributed by atoms with van der Waals surface area (Å²) in [7, 11) is -0.700. The van der Waals surface area contributed by atoms with Crippen LogP contribution in [0.15, 0.2) is 59.8 Å². The summed E-state index contributed by atoms with van der Waals surface area (Å²) >= 11 is 0. The van der Waals surface area contributed by atoms with Gasteiger partial charge in [-0.3, -0.25) is 9.78 Å². The lowest BCUT2D eigenvalue weighted by atomic mass is 9.77. The Hall–Kier alpha value is -3.96. The number of fused-ring (bicyclic) bond motifs is 1. The fourth-order valence-corrected chi connectivity index (χ4v) is 8.23. The van der Waals surface area contributed by atoms with Gasteiger partial charge in [0.05, 0.1) is 29.6 Å². The third-order valence-corrected chi connectivity index (χ3v) is 11.2.